The molecule has 0 spiro atoms. The lowest BCUT2D eigenvalue weighted by Gasteiger charge is -2.68. The highest BCUT2D eigenvalue weighted by molar-refractivity contribution is 7.76. The average Bonchev–Trinajstić information content (AvgIpc) is 3.22. The Morgan fingerprint density at radius 1 is 0.270 bits per heavy atom. The summed E-state index contributed by atoms with van der Waals surface area (Å²) in [4.78, 5) is 14.3. The van der Waals surface area contributed by atoms with E-state index in [0.29, 0.717) is 0 Å². The van der Waals surface area contributed by atoms with E-state index in [1.165, 1.54) is 33.4 Å². The Labute approximate surface area is 385 Å². The van der Waals surface area contributed by atoms with Crippen LogP contribution in [0.25, 0.3) is 0 Å². The standard InChI is InChI=1S/C54H72N6Si3/c1-55(2)37-43-25-13-19-31-49(43)61(50-32-20-14-26-44(50)38-56(3)4)63(53-35-23-17-29-47(53)41-59(9)10,54-36-24-18-30-48(54)42-60(11)12)62(51-33-21-15-27-45(51)39-57(5)6)52-34-22-16-28-46(52)40-58(7)8/h13-36H,37-42H2,1-12H3/q-2. The van der Waals surface area contributed by atoms with Crippen LogP contribution in [-0.4, -0.2) is 138 Å². The Bertz CT molecular complexity index is 2120. The van der Waals surface area contributed by atoms with Crippen LogP contribution in [0, 0.1) is 0 Å². The van der Waals surface area contributed by atoms with Gasteiger partial charge in [0.2, 0.25) is 0 Å². The molecule has 6 aromatic rings. The van der Waals surface area contributed by atoms with E-state index >= 15 is 0 Å². The molecule has 0 aliphatic rings. The maximum Gasteiger partial charge on any atom is 0.0224 e. The van der Waals surface area contributed by atoms with Gasteiger partial charge in [-0.15, -0.1) is 17.5 Å². The first-order chi connectivity index (χ1) is 30.2. The third kappa shape index (κ3) is 11.3. The van der Waals surface area contributed by atoms with E-state index in [-0.39, 0.29) is 0 Å². The number of rotatable bonds is 20. The largest absolute Gasteiger partial charge is 0.305 e. The molecular formula is C54H72N6Si3-2. The molecule has 63 heavy (non-hydrogen) atoms. The lowest BCUT2D eigenvalue weighted by atomic mass is 10.2. The molecule has 0 heterocycles. The zero-order valence-electron chi connectivity index (χ0n) is 40.3. The topological polar surface area (TPSA) is 19.4 Å². The summed E-state index contributed by atoms with van der Waals surface area (Å²) in [6.07, 6.45) is 0. The van der Waals surface area contributed by atoms with Crippen LogP contribution in [0.3, 0.4) is 0 Å². The molecular weight excluding hydrogens is 817 g/mol. The van der Waals surface area contributed by atoms with Crippen molar-refractivity contribution in [1.82, 2.24) is 29.4 Å². The Hall–Kier alpha value is -4.27. The second-order valence-electron chi connectivity index (χ2n) is 18.9. The molecule has 0 aliphatic carbocycles. The Morgan fingerprint density at radius 2 is 0.460 bits per heavy atom. The molecule has 0 saturated heterocycles. The van der Waals surface area contributed by atoms with Gasteiger partial charge in [0.15, 0.2) is 0 Å². The van der Waals surface area contributed by atoms with Gasteiger partial charge in [-0.1, -0.05) is 168 Å². The highest BCUT2D eigenvalue weighted by atomic mass is 29.6. The van der Waals surface area contributed by atoms with Crippen LogP contribution >= 0.6 is 0 Å². The molecule has 0 amide bonds. The summed E-state index contributed by atoms with van der Waals surface area (Å²) >= 11 is 0. The van der Waals surface area contributed by atoms with Gasteiger partial charge in [-0.3, -0.25) is 16.6 Å². The summed E-state index contributed by atoms with van der Waals surface area (Å²) in [6, 6.07) is 58.0. The molecule has 0 aliphatic heterocycles. The maximum absolute atomic E-state index is 3.25. The smallest absolute Gasteiger partial charge is 0.0224 e. The van der Waals surface area contributed by atoms with Gasteiger partial charge in [-0.05, 0) is 95.7 Å². The highest BCUT2D eigenvalue weighted by Gasteiger charge is 2.39. The second-order valence-corrected chi connectivity index (χ2v) is 34.1. The minimum absolute atomic E-state index is 0.864. The van der Waals surface area contributed by atoms with Gasteiger partial charge in [0.1, 0.15) is 0 Å². The third-order valence-corrected chi connectivity index (χ3v) is 35.3. The summed E-state index contributed by atoms with van der Waals surface area (Å²) in [5, 5.41) is 9.37. The zero-order valence-corrected chi connectivity index (χ0v) is 43.3. The minimum atomic E-state index is -3.25. The van der Waals surface area contributed by atoms with Gasteiger partial charge in [0.25, 0.3) is 0 Å². The average molecular weight is 889 g/mol. The van der Waals surface area contributed by atoms with E-state index in [1.54, 1.807) is 31.1 Å². The molecule has 0 aromatic heterocycles. The van der Waals surface area contributed by atoms with E-state index < -0.39 is 23.7 Å². The van der Waals surface area contributed by atoms with E-state index in [9.17, 15) is 0 Å². The molecule has 9 heteroatoms. The Kier molecular flexibility index (Phi) is 16.9. The number of hydrogen-bond acceptors (Lipinski definition) is 6. The number of hydrogen-bond donors (Lipinski definition) is 0. The number of nitrogens with zero attached hydrogens (tertiary/aromatic N) is 6. The van der Waals surface area contributed by atoms with Crippen molar-refractivity contribution in [2.24, 2.45) is 0 Å². The molecule has 0 fully saturated rings. The fourth-order valence-corrected chi connectivity index (χ4v) is 40.2. The third-order valence-electron chi connectivity index (χ3n) is 11.7. The van der Waals surface area contributed by atoms with Crippen LogP contribution in [0.2, 0.25) is 0 Å². The lowest BCUT2D eigenvalue weighted by Crippen LogP contribution is -2.89. The summed E-state index contributed by atoms with van der Waals surface area (Å²) in [6.45, 7) is 5.23. The van der Waals surface area contributed by atoms with Crippen molar-refractivity contribution >= 4 is 54.9 Å². The monoisotopic (exact) mass is 889 g/mol. The lowest BCUT2D eigenvalue weighted by molar-refractivity contribution is 0.403. The van der Waals surface area contributed by atoms with Crippen molar-refractivity contribution < 1.29 is 0 Å². The van der Waals surface area contributed by atoms with Crippen molar-refractivity contribution in [3.63, 3.8) is 0 Å². The quantitative estimate of drug-likeness (QED) is 0.105. The molecule has 0 radical (unpaired) electrons. The molecule has 6 rings (SSSR count). The fraction of sp³-hybridized carbons (Fsp3) is 0.333. The first-order valence-electron chi connectivity index (χ1n) is 22.3. The van der Waals surface area contributed by atoms with E-state index in [1.807, 2.05) is 0 Å². The Morgan fingerprint density at radius 3 is 0.698 bits per heavy atom. The maximum atomic E-state index is 2.61. The van der Waals surface area contributed by atoms with Crippen molar-refractivity contribution in [3.05, 3.63) is 179 Å². The molecule has 6 aromatic carbocycles. The molecule has 6 nitrogen and oxygen atoms in total. The fourth-order valence-electron chi connectivity index (χ4n) is 9.61. The van der Waals surface area contributed by atoms with E-state index in [4.69, 9.17) is 0 Å². The molecule has 0 N–H and O–H groups in total. The Balaban J connectivity index is 2.04. The SMILES string of the molecule is CN(C)Cc1ccccc1[Si-](c1ccccc1CN(C)C)[Si](c1ccccc1CN(C)C)(c1ccccc1CN(C)C)[Si-](c1ccccc1CN(C)C)c1ccccc1CN(C)C. The number of benzene rings is 6. The molecule has 332 valence electrons. The molecule has 0 bridgehead atoms. The molecule has 0 atom stereocenters. The minimum Gasteiger partial charge on any atom is -0.305 e. The van der Waals surface area contributed by atoms with Crippen LogP contribution in [0.5, 0.6) is 0 Å². The van der Waals surface area contributed by atoms with Gasteiger partial charge in [0, 0.05) is 39.3 Å². The summed E-state index contributed by atoms with van der Waals surface area (Å²) in [5.74, 6) is 0. The van der Waals surface area contributed by atoms with Crippen molar-refractivity contribution in [1.29, 1.82) is 0 Å². The van der Waals surface area contributed by atoms with Gasteiger partial charge in [0.05, 0.1) is 0 Å². The van der Waals surface area contributed by atoms with Gasteiger partial charge >= 0.3 is 0 Å². The predicted molar refractivity (Wildman–Crippen MR) is 278 cm³/mol. The first-order valence-corrected chi connectivity index (χ1v) is 29.3. The van der Waals surface area contributed by atoms with Crippen LogP contribution in [0.15, 0.2) is 146 Å². The predicted octanol–water partition coefficient (Wildman–Crippen LogP) is 4.39. The van der Waals surface area contributed by atoms with Crippen LogP contribution in [-0.2, 0) is 39.3 Å². The zero-order chi connectivity index (χ0) is 45.3. The van der Waals surface area contributed by atoms with Crippen LogP contribution in [0.1, 0.15) is 33.4 Å². The second kappa shape index (κ2) is 22.1. The van der Waals surface area contributed by atoms with Gasteiger partial charge < -0.3 is 29.4 Å². The van der Waals surface area contributed by atoms with Crippen LogP contribution < -0.4 is 31.1 Å². The normalized spacial score (nSPS) is 12.1. The van der Waals surface area contributed by atoms with Crippen molar-refractivity contribution in [3.8, 4) is 0 Å². The first kappa shape index (κ1) is 48.2. The van der Waals surface area contributed by atoms with Crippen molar-refractivity contribution in [2.45, 2.75) is 39.3 Å². The molecule has 0 saturated carbocycles. The highest BCUT2D eigenvalue weighted by Crippen LogP contribution is 2.25. The summed E-state index contributed by atoms with van der Waals surface area (Å²) in [7, 11) is 20.0. The van der Waals surface area contributed by atoms with Gasteiger partial charge in [-0.2, -0.15) is 20.7 Å². The van der Waals surface area contributed by atoms with E-state index in [0.717, 1.165) is 39.3 Å². The van der Waals surface area contributed by atoms with E-state index in [2.05, 4.69) is 260 Å². The molecule has 0 unspecified atom stereocenters. The van der Waals surface area contributed by atoms with Gasteiger partial charge in [-0.25, -0.2) is 0 Å². The summed E-state index contributed by atoms with van der Waals surface area (Å²) in [5.41, 5.74) is 8.65. The van der Waals surface area contributed by atoms with Crippen LogP contribution in [0.4, 0.5) is 0 Å². The summed E-state index contributed by atoms with van der Waals surface area (Å²) < 4.78 is 0. The van der Waals surface area contributed by atoms with Crippen molar-refractivity contribution in [2.75, 3.05) is 84.6 Å².